The van der Waals surface area contributed by atoms with Crippen molar-refractivity contribution in [2.45, 2.75) is 88.7 Å². The number of nitrogens with zero attached hydrogens (tertiary/aromatic N) is 2. The molecule has 3 heterocycles. The second-order valence-electron chi connectivity index (χ2n) is 14.8. The Morgan fingerprint density at radius 3 is 2.58 bits per heavy atom. The van der Waals surface area contributed by atoms with Crippen LogP contribution in [0, 0.1) is 23.7 Å². The molecule has 0 radical (unpaired) electrons. The average molecular weight is 724 g/mol. The third-order valence-corrected chi connectivity index (χ3v) is 13.9. The first kappa shape index (κ1) is 35.0. The minimum Gasteiger partial charge on any atom is -0.483 e. The molecule has 1 fully saturated rings. The second-order valence-corrected chi connectivity index (χ2v) is 17.3. The molecule has 5 aliphatic rings. The van der Waals surface area contributed by atoms with Gasteiger partial charge in [0.1, 0.15) is 17.9 Å². The van der Waals surface area contributed by atoms with Crippen molar-refractivity contribution < 1.29 is 32.2 Å². The highest BCUT2D eigenvalue weighted by Gasteiger charge is 2.50. The summed E-state index contributed by atoms with van der Waals surface area (Å²) in [5, 5.41) is -0.143. The summed E-state index contributed by atoms with van der Waals surface area (Å²) in [5.41, 5.74) is 2.52. The Morgan fingerprint density at radius 2 is 1.86 bits per heavy atom. The second kappa shape index (κ2) is 13.6. The highest BCUT2D eigenvalue weighted by molar-refractivity contribution is 7.90. The molecule has 8 atom stereocenters. The molecule has 2 aromatic rings. The number of esters is 1. The lowest BCUT2D eigenvalue weighted by Gasteiger charge is -2.49. The summed E-state index contributed by atoms with van der Waals surface area (Å²) in [4.78, 5) is 32.7. The zero-order valence-corrected chi connectivity index (χ0v) is 30.6. The van der Waals surface area contributed by atoms with Crippen LogP contribution < -0.4 is 14.4 Å². The molecule has 2 aromatic carbocycles. The molecule has 12 heteroatoms. The molecule has 0 aromatic heterocycles. The van der Waals surface area contributed by atoms with E-state index in [1.807, 2.05) is 31.2 Å². The molecule has 1 unspecified atom stereocenters. The van der Waals surface area contributed by atoms with E-state index in [1.165, 1.54) is 5.56 Å². The van der Waals surface area contributed by atoms with E-state index in [2.05, 4.69) is 20.7 Å². The number of hydrogen-bond donors (Lipinski definition) is 1. The Labute approximate surface area is 299 Å². The quantitative estimate of drug-likeness (QED) is 0.284. The lowest BCUT2D eigenvalue weighted by atomic mass is 9.63. The van der Waals surface area contributed by atoms with E-state index in [1.54, 1.807) is 39.2 Å². The fraction of sp³-hybridized carbons (Fsp3) is 0.553. The third-order valence-electron chi connectivity index (χ3n) is 11.8. The topological polar surface area (TPSA) is 124 Å². The van der Waals surface area contributed by atoms with E-state index in [4.69, 9.17) is 25.8 Å². The van der Waals surface area contributed by atoms with Crippen LogP contribution in [0.3, 0.4) is 0 Å². The summed E-state index contributed by atoms with van der Waals surface area (Å²) in [6, 6.07) is 10.7. The number of fused-ring (bicyclic) bond motifs is 5. The van der Waals surface area contributed by atoms with E-state index in [-0.39, 0.29) is 41.3 Å². The molecular formula is C38H46ClN3O7S. The van der Waals surface area contributed by atoms with Gasteiger partial charge in [-0.1, -0.05) is 36.7 Å². The molecule has 2 aliphatic carbocycles. The van der Waals surface area contributed by atoms with Crippen molar-refractivity contribution in [1.82, 2.24) is 4.72 Å². The van der Waals surface area contributed by atoms with Gasteiger partial charge in [0.15, 0.2) is 5.90 Å². The molecule has 0 saturated heterocycles. The van der Waals surface area contributed by atoms with E-state index >= 15 is 0 Å². The highest BCUT2D eigenvalue weighted by atomic mass is 35.5. The molecule has 3 aliphatic heterocycles. The summed E-state index contributed by atoms with van der Waals surface area (Å²) in [5.74, 6) is 0.108. The van der Waals surface area contributed by atoms with Gasteiger partial charge in [-0.3, -0.25) is 4.79 Å². The van der Waals surface area contributed by atoms with Crippen LogP contribution in [0.2, 0.25) is 5.02 Å². The van der Waals surface area contributed by atoms with Gasteiger partial charge in [0.2, 0.25) is 10.0 Å². The van der Waals surface area contributed by atoms with Gasteiger partial charge in [-0.2, -0.15) is 0 Å². The summed E-state index contributed by atoms with van der Waals surface area (Å²) in [7, 11) is -2.32. The number of anilines is 1. The van der Waals surface area contributed by atoms with Crippen LogP contribution in [0.15, 0.2) is 53.5 Å². The largest absolute Gasteiger partial charge is 0.483 e. The molecule has 1 N–H and O–H groups in total. The van der Waals surface area contributed by atoms with E-state index in [0.717, 1.165) is 43.4 Å². The smallest absolute Gasteiger partial charge is 0.337 e. The number of nitrogens with one attached hydrogen (secondary N) is 1. The fourth-order valence-electron chi connectivity index (χ4n) is 8.47. The van der Waals surface area contributed by atoms with Gasteiger partial charge in [0.05, 0.1) is 23.0 Å². The van der Waals surface area contributed by atoms with Crippen molar-refractivity contribution in [3.8, 4) is 5.75 Å². The average Bonchev–Trinajstić information content (AvgIpc) is 3.19. The van der Waals surface area contributed by atoms with E-state index in [0.29, 0.717) is 42.6 Å². The molecule has 50 heavy (non-hydrogen) atoms. The number of ether oxygens (including phenoxy) is 3. The number of amides is 1. The standard InChI is InChI=1S/C38H46ClN3O7S/c1-22-7-6-16-38(47-4,19-34-40-23(2)37(44)49-34)31-14-10-27(31)20-42-21-28-9-5-8-25-17-29(39)12-13-30(25)35(28)48-33-15-11-26(18-32(33)42)36(43)41-50(45,46)24(22)3/h6,11-13,15-18,22-24,27-28,31,35H,5,7-10,14,19-21H2,1-4H3,(H,41,43)/b16-6+/t22-,23-,24+,27-,28+,31+,35?,38+/m0/s1. The molecule has 10 nitrogen and oxygen atoms in total. The summed E-state index contributed by atoms with van der Waals surface area (Å²) >= 11 is 6.42. The summed E-state index contributed by atoms with van der Waals surface area (Å²) in [6.07, 6.45) is 9.28. The first-order valence-electron chi connectivity index (χ1n) is 17.8. The first-order valence-corrected chi connectivity index (χ1v) is 19.7. The molecular weight excluding hydrogens is 678 g/mol. The van der Waals surface area contributed by atoms with Gasteiger partial charge < -0.3 is 19.1 Å². The monoisotopic (exact) mass is 723 g/mol. The van der Waals surface area contributed by atoms with Gasteiger partial charge in [0, 0.05) is 36.7 Å². The highest BCUT2D eigenvalue weighted by Crippen LogP contribution is 2.50. The number of aryl methyl sites for hydroxylation is 1. The predicted octanol–water partition coefficient (Wildman–Crippen LogP) is 6.42. The Balaban J connectivity index is 1.31. The van der Waals surface area contributed by atoms with Crippen LogP contribution >= 0.6 is 11.6 Å². The summed E-state index contributed by atoms with van der Waals surface area (Å²) in [6.45, 7) is 6.57. The van der Waals surface area contributed by atoms with Gasteiger partial charge in [-0.15, -0.1) is 0 Å². The number of hydrogen-bond acceptors (Lipinski definition) is 9. The predicted molar refractivity (Wildman–Crippen MR) is 192 cm³/mol. The van der Waals surface area contributed by atoms with E-state index < -0.39 is 32.8 Å². The number of carbonyl (C=O) groups excluding carboxylic acids is 2. The minimum atomic E-state index is -4.01. The zero-order chi connectivity index (χ0) is 35.4. The fourth-order valence-corrected chi connectivity index (χ4v) is 9.95. The van der Waals surface area contributed by atoms with Crippen LogP contribution in [0.4, 0.5) is 5.69 Å². The van der Waals surface area contributed by atoms with Gasteiger partial charge in [0.25, 0.3) is 5.91 Å². The van der Waals surface area contributed by atoms with Crippen LogP contribution in [-0.2, 0) is 30.7 Å². The zero-order valence-electron chi connectivity index (χ0n) is 29.1. The van der Waals surface area contributed by atoms with Crippen molar-refractivity contribution in [2.75, 3.05) is 25.1 Å². The molecule has 0 spiro atoms. The van der Waals surface area contributed by atoms with Crippen LogP contribution in [0.1, 0.15) is 86.9 Å². The SMILES string of the molecule is CO[C@@]1(CC2=N[C@@H](C)C(=O)O2)/C=C/C[C@H](C)[C@@H](C)S(=O)(=O)NC(=O)c2ccc3c(c2)N(C[C@H]2CCCc4cc(Cl)ccc4C2O3)C[C@@H]2CC[C@H]21. The Bertz CT molecular complexity index is 1850. The van der Waals surface area contributed by atoms with Crippen LogP contribution in [-0.4, -0.2) is 63.3 Å². The minimum absolute atomic E-state index is 0.0670. The number of carbonyl (C=O) groups is 2. The first-order chi connectivity index (χ1) is 23.9. The molecule has 1 amide bonds. The normalized spacial score (nSPS) is 34.2. The van der Waals surface area contributed by atoms with Crippen molar-refractivity contribution >= 4 is 45.1 Å². The third kappa shape index (κ3) is 6.57. The molecule has 1 saturated carbocycles. The summed E-state index contributed by atoms with van der Waals surface area (Å²) < 4.78 is 48.2. The number of benzene rings is 2. The number of allylic oxidation sites excluding steroid dienone is 1. The molecule has 7 rings (SSSR count). The van der Waals surface area contributed by atoms with Gasteiger partial charge in [-0.25, -0.2) is 22.9 Å². The number of aliphatic imine (C=N–C) groups is 1. The number of halogens is 1. The Morgan fingerprint density at radius 1 is 1.06 bits per heavy atom. The maximum Gasteiger partial charge on any atom is 0.337 e. The van der Waals surface area contributed by atoms with Gasteiger partial charge in [-0.05, 0) is 112 Å². The lowest BCUT2D eigenvalue weighted by molar-refractivity contribution is -0.135. The maximum absolute atomic E-state index is 13.6. The number of sulfonamides is 1. The maximum atomic E-state index is 13.6. The van der Waals surface area contributed by atoms with Crippen molar-refractivity contribution in [2.24, 2.45) is 28.7 Å². The number of cyclic esters (lactones) is 1. The molecule has 2 bridgehead atoms. The number of methoxy groups -OCH3 is 1. The van der Waals surface area contributed by atoms with E-state index in [9.17, 15) is 18.0 Å². The lowest BCUT2D eigenvalue weighted by Crippen LogP contribution is -2.52. The van der Waals surface area contributed by atoms with Crippen molar-refractivity contribution in [1.29, 1.82) is 0 Å². The van der Waals surface area contributed by atoms with Crippen LogP contribution in [0.25, 0.3) is 0 Å². The number of rotatable bonds is 3. The molecule has 268 valence electrons. The Kier molecular flexibility index (Phi) is 9.54. The Hall–Kier alpha value is -3.41. The van der Waals surface area contributed by atoms with Crippen molar-refractivity contribution in [3.63, 3.8) is 0 Å². The van der Waals surface area contributed by atoms with Gasteiger partial charge >= 0.3 is 5.97 Å². The van der Waals surface area contributed by atoms with Crippen molar-refractivity contribution in [3.05, 3.63) is 70.3 Å². The van der Waals surface area contributed by atoms with Crippen LogP contribution in [0.5, 0.6) is 5.75 Å².